The molecule has 1 aromatic heterocycles. The van der Waals surface area contributed by atoms with Crippen LogP contribution in [0.15, 0.2) is 51.7 Å². The van der Waals surface area contributed by atoms with E-state index in [-0.39, 0.29) is 29.0 Å². The van der Waals surface area contributed by atoms with E-state index >= 15 is 0 Å². The van der Waals surface area contributed by atoms with Crippen LogP contribution in [0.5, 0.6) is 40.2 Å². The lowest BCUT2D eigenvalue weighted by molar-refractivity contribution is -0.140. The number of fused-ring (bicyclic) bond motifs is 1. The molecule has 0 spiro atoms. The van der Waals surface area contributed by atoms with Gasteiger partial charge >= 0.3 is 5.97 Å². The lowest BCUT2D eigenvalue weighted by Gasteiger charge is -2.22. The first-order chi connectivity index (χ1) is 19.5. The van der Waals surface area contributed by atoms with Crippen molar-refractivity contribution in [2.45, 2.75) is 26.2 Å². The summed E-state index contributed by atoms with van der Waals surface area (Å²) in [4.78, 5) is 25.8. The van der Waals surface area contributed by atoms with Gasteiger partial charge in [-0.3, -0.25) is 9.59 Å². The summed E-state index contributed by atoms with van der Waals surface area (Å²) in [5.74, 6) is -4.05. The van der Waals surface area contributed by atoms with Gasteiger partial charge in [-0.15, -0.1) is 0 Å². The number of phenols is 4. The lowest BCUT2D eigenvalue weighted by atomic mass is 9.86. The smallest absolute Gasteiger partial charge is 0.306 e. The summed E-state index contributed by atoms with van der Waals surface area (Å²) in [6, 6.07) is 9.31. The maximum absolute atomic E-state index is 13.3. The molecular formula is C30H30O11. The van der Waals surface area contributed by atoms with Crippen molar-refractivity contribution < 1.29 is 49.0 Å². The molecule has 0 saturated heterocycles. The van der Waals surface area contributed by atoms with E-state index in [0.717, 1.165) is 18.2 Å². The molecule has 11 heteroatoms. The van der Waals surface area contributed by atoms with Crippen molar-refractivity contribution in [3.63, 3.8) is 0 Å². The van der Waals surface area contributed by atoms with Crippen LogP contribution >= 0.6 is 0 Å². The van der Waals surface area contributed by atoms with Crippen LogP contribution < -0.4 is 14.9 Å². The second kappa shape index (κ2) is 11.6. The fourth-order valence-electron chi connectivity index (χ4n) is 4.45. The summed E-state index contributed by atoms with van der Waals surface area (Å²) in [7, 11) is 2.65. The number of rotatable bonds is 9. The normalized spacial score (nSPS) is 11.9. The molecule has 5 N–H and O–H groups in total. The number of carbonyl (C=O) groups excluding carboxylic acids is 1. The van der Waals surface area contributed by atoms with Crippen molar-refractivity contribution >= 4 is 16.9 Å². The molecule has 1 heterocycles. The number of esters is 1. The first kappa shape index (κ1) is 28.9. The average Bonchev–Trinajstić information content (AvgIpc) is 2.94. The van der Waals surface area contributed by atoms with E-state index in [4.69, 9.17) is 18.6 Å². The van der Waals surface area contributed by atoms with Crippen LogP contribution in [0.25, 0.3) is 22.3 Å². The molecule has 41 heavy (non-hydrogen) atoms. The average molecular weight is 567 g/mol. The Morgan fingerprint density at radius 1 is 0.878 bits per heavy atom. The minimum atomic E-state index is -1.03. The number of phenolic OH excluding ortho intramolecular Hbond substituents is 4. The molecular weight excluding hydrogens is 536 g/mol. The van der Waals surface area contributed by atoms with Crippen LogP contribution in [-0.4, -0.2) is 52.3 Å². The number of ether oxygens (including phenoxy) is 3. The van der Waals surface area contributed by atoms with Crippen LogP contribution in [0.3, 0.4) is 0 Å². The monoisotopic (exact) mass is 566 g/mol. The third-order valence-electron chi connectivity index (χ3n) is 6.49. The highest BCUT2D eigenvalue weighted by molar-refractivity contribution is 5.92. The molecule has 0 radical (unpaired) electrons. The van der Waals surface area contributed by atoms with Gasteiger partial charge in [0.2, 0.25) is 11.2 Å². The van der Waals surface area contributed by atoms with Crippen LogP contribution in [0.4, 0.5) is 0 Å². The largest absolute Gasteiger partial charge is 0.507 e. The molecule has 0 aliphatic heterocycles. The molecule has 0 aliphatic rings. The molecule has 0 bridgehead atoms. The Kier molecular flexibility index (Phi) is 8.18. The highest BCUT2D eigenvalue weighted by atomic mass is 16.5. The number of carbonyl (C=O) groups is 1. The Hall–Kier alpha value is -5.06. The molecule has 4 aromatic rings. The van der Waals surface area contributed by atoms with E-state index in [0.29, 0.717) is 23.7 Å². The Morgan fingerprint density at radius 2 is 1.61 bits per heavy atom. The fourth-order valence-corrected chi connectivity index (χ4v) is 4.45. The molecule has 0 amide bonds. The van der Waals surface area contributed by atoms with E-state index in [1.54, 1.807) is 18.2 Å². The van der Waals surface area contributed by atoms with Gasteiger partial charge in [0.05, 0.1) is 27.2 Å². The summed E-state index contributed by atoms with van der Waals surface area (Å²) >= 11 is 0. The number of aromatic hydroxyl groups is 5. The molecule has 0 saturated carbocycles. The molecule has 0 unspecified atom stereocenters. The predicted octanol–water partition coefficient (Wildman–Crippen LogP) is 4.73. The van der Waals surface area contributed by atoms with E-state index in [1.165, 1.54) is 20.3 Å². The van der Waals surface area contributed by atoms with Crippen LogP contribution in [-0.2, 0) is 9.53 Å². The Labute approximate surface area is 234 Å². The standard InChI is InChI=1S/C30H30O11/c1-14(2)13-40-22-8-6-15(10-23(22)38-3)17(11-24(35)39-4)25-20(33)12-21(34)26-27(36)28(37)29(41-30(25)26)16-5-7-18(31)19(32)9-16/h5-10,12,14,17,31-34,37H,11,13H2,1-4H3/t17-/m1/s1. The second-order valence-corrected chi connectivity index (χ2v) is 9.79. The van der Waals surface area contributed by atoms with E-state index < -0.39 is 57.2 Å². The van der Waals surface area contributed by atoms with Gasteiger partial charge in [0.1, 0.15) is 22.5 Å². The summed E-state index contributed by atoms with van der Waals surface area (Å²) in [6.07, 6.45) is -0.320. The molecule has 3 aromatic carbocycles. The Bertz CT molecular complexity index is 1670. The molecule has 4 rings (SSSR count). The first-order valence-electron chi connectivity index (χ1n) is 12.6. The van der Waals surface area contributed by atoms with Crippen molar-refractivity contribution in [3.05, 3.63) is 63.8 Å². The van der Waals surface area contributed by atoms with Crippen molar-refractivity contribution in [1.29, 1.82) is 0 Å². The van der Waals surface area contributed by atoms with E-state index in [9.17, 15) is 35.1 Å². The Morgan fingerprint density at radius 3 is 2.24 bits per heavy atom. The van der Waals surface area contributed by atoms with Gasteiger partial charge in [-0.2, -0.15) is 0 Å². The fraction of sp³-hybridized carbons (Fsp3) is 0.267. The van der Waals surface area contributed by atoms with Gasteiger partial charge in [-0.1, -0.05) is 19.9 Å². The number of methoxy groups -OCH3 is 2. The highest BCUT2D eigenvalue weighted by Crippen LogP contribution is 2.46. The number of hydrogen-bond acceptors (Lipinski definition) is 11. The molecule has 216 valence electrons. The number of hydrogen-bond donors (Lipinski definition) is 5. The number of benzene rings is 3. The lowest BCUT2D eigenvalue weighted by Crippen LogP contribution is -2.13. The predicted molar refractivity (Wildman–Crippen MR) is 148 cm³/mol. The second-order valence-electron chi connectivity index (χ2n) is 9.79. The topological polar surface area (TPSA) is 176 Å². The molecule has 11 nitrogen and oxygen atoms in total. The SMILES string of the molecule is COC(=O)C[C@H](c1ccc(OCC(C)C)c(OC)c1)c1c(O)cc(O)c2c(=O)c(O)c(-c3ccc(O)c(O)c3)oc12. The summed E-state index contributed by atoms with van der Waals surface area (Å²) < 4.78 is 22.2. The minimum Gasteiger partial charge on any atom is -0.507 e. The maximum atomic E-state index is 13.3. The zero-order valence-electron chi connectivity index (χ0n) is 22.8. The Balaban J connectivity index is 2.01. The molecule has 0 fully saturated rings. The molecule has 0 aliphatic carbocycles. The van der Waals surface area contributed by atoms with Gasteiger partial charge in [0.15, 0.2) is 28.8 Å². The van der Waals surface area contributed by atoms with Crippen LogP contribution in [0.2, 0.25) is 0 Å². The zero-order chi connectivity index (χ0) is 30.0. The van der Waals surface area contributed by atoms with Gasteiger partial charge in [-0.05, 0) is 41.8 Å². The van der Waals surface area contributed by atoms with Crippen LogP contribution in [0.1, 0.15) is 37.3 Å². The van der Waals surface area contributed by atoms with Crippen LogP contribution in [0, 0.1) is 5.92 Å². The summed E-state index contributed by atoms with van der Waals surface area (Å²) in [5.41, 5.74) is -0.933. The minimum absolute atomic E-state index is 0.0171. The first-order valence-corrected chi connectivity index (χ1v) is 12.6. The van der Waals surface area contributed by atoms with Crippen molar-refractivity contribution in [2.24, 2.45) is 5.92 Å². The highest BCUT2D eigenvalue weighted by Gasteiger charge is 2.30. The van der Waals surface area contributed by atoms with Crippen molar-refractivity contribution in [3.8, 4) is 51.6 Å². The zero-order valence-corrected chi connectivity index (χ0v) is 22.8. The van der Waals surface area contributed by atoms with Gasteiger partial charge in [0.25, 0.3) is 0 Å². The van der Waals surface area contributed by atoms with Gasteiger partial charge in [0, 0.05) is 23.1 Å². The summed E-state index contributed by atoms with van der Waals surface area (Å²) in [6.45, 7) is 4.41. The van der Waals surface area contributed by atoms with E-state index in [1.807, 2.05) is 13.8 Å². The quantitative estimate of drug-likeness (QED) is 0.140. The summed E-state index contributed by atoms with van der Waals surface area (Å²) in [5, 5.41) is 51.6. The van der Waals surface area contributed by atoms with Crippen molar-refractivity contribution in [1.82, 2.24) is 0 Å². The van der Waals surface area contributed by atoms with Gasteiger partial charge in [-0.25, -0.2) is 0 Å². The van der Waals surface area contributed by atoms with Gasteiger partial charge < -0.3 is 44.2 Å². The molecule has 1 atom stereocenters. The maximum Gasteiger partial charge on any atom is 0.306 e. The van der Waals surface area contributed by atoms with Crippen molar-refractivity contribution in [2.75, 3.05) is 20.8 Å². The third-order valence-corrected chi connectivity index (χ3v) is 6.49. The third kappa shape index (κ3) is 5.65. The van der Waals surface area contributed by atoms with E-state index in [2.05, 4.69) is 0 Å².